The van der Waals surface area contributed by atoms with Crippen molar-refractivity contribution in [3.05, 3.63) is 67.6 Å². The second kappa shape index (κ2) is 9.85. The van der Waals surface area contributed by atoms with E-state index in [1.165, 1.54) is 19.2 Å². The summed E-state index contributed by atoms with van der Waals surface area (Å²) in [6.45, 7) is 0. The molecule has 0 aliphatic rings. The molecule has 2 aromatic rings. The van der Waals surface area contributed by atoms with Crippen molar-refractivity contribution in [1.29, 1.82) is 0 Å². The van der Waals surface area contributed by atoms with E-state index in [-0.39, 0.29) is 16.7 Å². The summed E-state index contributed by atoms with van der Waals surface area (Å²) >= 11 is 6.31. The number of halogens is 2. The zero-order valence-electron chi connectivity index (χ0n) is 12.9. The van der Waals surface area contributed by atoms with Crippen molar-refractivity contribution in [3.8, 4) is 0 Å². The summed E-state index contributed by atoms with van der Waals surface area (Å²) < 4.78 is 5.89. The first-order valence-electron chi connectivity index (χ1n) is 6.65. The third-order valence-corrected chi connectivity index (χ3v) is 3.91. The number of carboxylic acid groups (broad SMARTS) is 1. The Labute approximate surface area is 160 Å². The standard InChI is InChI=1S/C9H7BrO3.C8H5BrO3/c1-13-9(12)8-4-7(10)3-2-6(8)5-11;9-6-2-1-5(4-10)7(3-6)8(11)12/h2-5H,1H3;1-4H,(H,11,12). The molecule has 0 unspecified atom stereocenters. The van der Waals surface area contributed by atoms with Gasteiger partial charge in [-0.1, -0.05) is 31.9 Å². The molecule has 0 aliphatic heterocycles. The van der Waals surface area contributed by atoms with Gasteiger partial charge in [0.15, 0.2) is 12.6 Å². The van der Waals surface area contributed by atoms with Gasteiger partial charge in [-0.15, -0.1) is 0 Å². The number of methoxy groups -OCH3 is 1. The van der Waals surface area contributed by atoms with E-state index in [0.29, 0.717) is 22.6 Å². The van der Waals surface area contributed by atoms with Crippen LogP contribution in [0.25, 0.3) is 0 Å². The largest absolute Gasteiger partial charge is 0.478 e. The van der Waals surface area contributed by atoms with Crippen LogP contribution < -0.4 is 0 Å². The number of benzene rings is 2. The quantitative estimate of drug-likeness (QED) is 0.534. The lowest BCUT2D eigenvalue weighted by Gasteiger charge is -2.02. The molecule has 130 valence electrons. The topological polar surface area (TPSA) is 97.7 Å². The third-order valence-electron chi connectivity index (χ3n) is 2.92. The van der Waals surface area contributed by atoms with E-state index in [2.05, 4.69) is 36.6 Å². The van der Waals surface area contributed by atoms with E-state index in [1.54, 1.807) is 24.3 Å². The number of hydrogen-bond acceptors (Lipinski definition) is 5. The minimum absolute atomic E-state index is 0.0133. The van der Waals surface area contributed by atoms with Crippen molar-refractivity contribution in [3.63, 3.8) is 0 Å². The fourth-order valence-corrected chi connectivity index (χ4v) is 2.46. The molecule has 0 amide bonds. The van der Waals surface area contributed by atoms with Crippen molar-refractivity contribution in [1.82, 2.24) is 0 Å². The second-order valence-electron chi connectivity index (χ2n) is 4.50. The van der Waals surface area contributed by atoms with Crippen LogP contribution in [0.3, 0.4) is 0 Å². The zero-order valence-corrected chi connectivity index (χ0v) is 16.0. The summed E-state index contributed by atoms with van der Waals surface area (Å²) in [6, 6.07) is 9.28. The first-order chi connectivity index (χ1) is 11.8. The van der Waals surface area contributed by atoms with Crippen LogP contribution in [-0.2, 0) is 4.74 Å². The Balaban J connectivity index is 0.000000251. The Morgan fingerprint density at radius 2 is 1.36 bits per heavy atom. The molecule has 0 bridgehead atoms. The lowest BCUT2D eigenvalue weighted by atomic mass is 10.1. The molecule has 0 aromatic heterocycles. The lowest BCUT2D eigenvalue weighted by molar-refractivity contribution is 0.0597. The SMILES string of the molecule is COC(=O)c1cc(Br)ccc1C=O.O=Cc1ccc(Br)cc1C(=O)O. The van der Waals surface area contributed by atoms with Gasteiger partial charge < -0.3 is 9.84 Å². The van der Waals surface area contributed by atoms with E-state index < -0.39 is 11.9 Å². The molecule has 8 heteroatoms. The first kappa shape index (κ1) is 20.7. The highest BCUT2D eigenvalue weighted by molar-refractivity contribution is 9.10. The Morgan fingerprint density at radius 1 is 0.920 bits per heavy atom. The maximum Gasteiger partial charge on any atom is 0.338 e. The van der Waals surface area contributed by atoms with E-state index in [9.17, 15) is 19.2 Å². The number of hydrogen-bond donors (Lipinski definition) is 1. The molecule has 1 N–H and O–H groups in total. The number of esters is 1. The van der Waals surface area contributed by atoms with Gasteiger partial charge in [0.1, 0.15) is 0 Å². The summed E-state index contributed by atoms with van der Waals surface area (Å²) in [5.41, 5.74) is 0.798. The minimum atomic E-state index is -1.10. The van der Waals surface area contributed by atoms with Crippen LogP contribution in [-0.4, -0.2) is 36.7 Å². The second-order valence-corrected chi connectivity index (χ2v) is 6.33. The van der Waals surface area contributed by atoms with Gasteiger partial charge in [-0.2, -0.15) is 0 Å². The van der Waals surface area contributed by atoms with Crippen LogP contribution in [0.2, 0.25) is 0 Å². The number of carbonyl (C=O) groups is 4. The normalized spacial score (nSPS) is 9.40. The van der Waals surface area contributed by atoms with E-state index in [4.69, 9.17) is 5.11 Å². The highest BCUT2D eigenvalue weighted by Crippen LogP contribution is 2.16. The molecular weight excluding hydrogens is 460 g/mol. The molecule has 0 spiro atoms. The summed E-state index contributed by atoms with van der Waals surface area (Å²) in [5, 5.41) is 8.64. The Hall–Kier alpha value is -2.32. The Kier molecular flexibility index (Phi) is 8.17. The summed E-state index contributed by atoms with van der Waals surface area (Å²) in [4.78, 5) is 42.6. The summed E-state index contributed by atoms with van der Waals surface area (Å²) in [7, 11) is 1.28. The van der Waals surface area contributed by atoms with Crippen molar-refractivity contribution in [2.45, 2.75) is 0 Å². The molecule has 25 heavy (non-hydrogen) atoms. The van der Waals surface area contributed by atoms with Gasteiger partial charge in [-0.05, 0) is 36.4 Å². The summed E-state index contributed by atoms with van der Waals surface area (Å²) in [5.74, 6) is -1.61. The molecule has 6 nitrogen and oxygen atoms in total. The molecule has 0 saturated heterocycles. The van der Waals surface area contributed by atoms with Crippen LogP contribution in [0.4, 0.5) is 0 Å². The molecule has 0 radical (unpaired) electrons. The number of rotatable bonds is 4. The molecule has 0 heterocycles. The minimum Gasteiger partial charge on any atom is -0.478 e. The predicted molar refractivity (Wildman–Crippen MR) is 97.4 cm³/mol. The number of carbonyl (C=O) groups excluding carboxylic acids is 3. The number of aldehydes is 2. The molecule has 0 atom stereocenters. The highest BCUT2D eigenvalue weighted by atomic mass is 79.9. The smallest absolute Gasteiger partial charge is 0.338 e. The maximum atomic E-state index is 11.1. The average Bonchev–Trinajstić information content (AvgIpc) is 2.61. The molecule has 0 aliphatic carbocycles. The highest BCUT2D eigenvalue weighted by Gasteiger charge is 2.11. The Bertz CT molecular complexity index is 817. The number of carboxylic acids is 1. The summed E-state index contributed by atoms with van der Waals surface area (Å²) in [6.07, 6.45) is 1.15. The number of ether oxygens (including phenoxy) is 1. The van der Waals surface area contributed by atoms with Gasteiger partial charge in [-0.3, -0.25) is 9.59 Å². The first-order valence-corrected chi connectivity index (χ1v) is 8.23. The Morgan fingerprint density at radius 3 is 1.76 bits per heavy atom. The lowest BCUT2D eigenvalue weighted by Crippen LogP contribution is -2.05. The average molecular weight is 472 g/mol. The number of aromatic carboxylic acids is 1. The molecular formula is C17H12Br2O6. The molecule has 0 fully saturated rings. The van der Waals surface area contributed by atoms with E-state index in [1.807, 2.05) is 0 Å². The van der Waals surface area contributed by atoms with Crippen molar-refractivity contribution in [2.24, 2.45) is 0 Å². The van der Waals surface area contributed by atoms with Crippen LogP contribution in [0, 0.1) is 0 Å². The monoisotopic (exact) mass is 470 g/mol. The van der Waals surface area contributed by atoms with Crippen LogP contribution in [0.15, 0.2) is 45.3 Å². The van der Waals surface area contributed by atoms with Gasteiger partial charge in [-0.25, -0.2) is 9.59 Å². The van der Waals surface area contributed by atoms with Crippen molar-refractivity contribution < 1.29 is 29.0 Å². The van der Waals surface area contributed by atoms with Crippen molar-refractivity contribution in [2.75, 3.05) is 7.11 Å². The molecule has 2 rings (SSSR count). The van der Waals surface area contributed by atoms with Crippen LogP contribution in [0.5, 0.6) is 0 Å². The van der Waals surface area contributed by atoms with E-state index >= 15 is 0 Å². The zero-order chi connectivity index (χ0) is 19.0. The predicted octanol–water partition coefficient (Wildman–Crippen LogP) is 4.01. The van der Waals surface area contributed by atoms with Gasteiger partial charge in [0.05, 0.1) is 18.2 Å². The molecule has 2 aromatic carbocycles. The third kappa shape index (κ3) is 5.91. The fourth-order valence-electron chi connectivity index (χ4n) is 1.73. The van der Waals surface area contributed by atoms with Gasteiger partial charge in [0, 0.05) is 20.1 Å². The fraction of sp³-hybridized carbons (Fsp3) is 0.0588. The van der Waals surface area contributed by atoms with Gasteiger partial charge >= 0.3 is 11.9 Å². The van der Waals surface area contributed by atoms with Gasteiger partial charge in [0.2, 0.25) is 0 Å². The maximum absolute atomic E-state index is 11.1. The van der Waals surface area contributed by atoms with E-state index in [0.717, 1.165) is 4.47 Å². The van der Waals surface area contributed by atoms with Crippen LogP contribution >= 0.6 is 31.9 Å². The molecule has 0 saturated carbocycles. The van der Waals surface area contributed by atoms with Crippen LogP contribution in [0.1, 0.15) is 41.4 Å². The van der Waals surface area contributed by atoms with Crippen molar-refractivity contribution >= 4 is 56.4 Å². The van der Waals surface area contributed by atoms with Gasteiger partial charge in [0.25, 0.3) is 0 Å².